The van der Waals surface area contributed by atoms with Gasteiger partial charge in [-0.15, -0.1) is 0 Å². The van der Waals surface area contributed by atoms with Crippen LogP contribution in [0.4, 0.5) is 4.79 Å². The summed E-state index contributed by atoms with van der Waals surface area (Å²) in [6.45, 7) is 9.00. The van der Waals surface area contributed by atoms with Crippen LogP contribution < -0.4 is 21.3 Å². The molecule has 0 rings (SSSR count). The Morgan fingerprint density at radius 1 is 0.917 bits per heavy atom. The minimum absolute atomic E-state index is 0.152. The summed E-state index contributed by atoms with van der Waals surface area (Å²) in [5.74, 6) is -0.792. The lowest BCUT2D eigenvalue weighted by molar-refractivity contribution is -0.131. The van der Waals surface area contributed by atoms with E-state index in [-0.39, 0.29) is 11.8 Å². The second-order valence-electron chi connectivity index (χ2n) is 6.56. The first kappa shape index (κ1) is 21.9. The molecule has 4 N–H and O–H groups in total. The predicted molar refractivity (Wildman–Crippen MR) is 91.3 cm³/mol. The number of amides is 4. The van der Waals surface area contributed by atoms with Gasteiger partial charge in [0, 0.05) is 7.05 Å². The Morgan fingerprint density at radius 3 is 1.92 bits per heavy atom. The zero-order chi connectivity index (χ0) is 18.9. The van der Waals surface area contributed by atoms with Gasteiger partial charge in [0.25, 0.3) is 0 Å². The van der Waals surface area contributed by atoms with Crippen molar-refractivity contribution >= 4 is 24.1 Å². The Balaban J connectivity index is 4.72. The summed E-state index contributed by atoms with van der Waals surface area (Å²) < 4.78 is 0. The summed E-state index contributed by atoms with van der Waals surface area (Å²) in [7, 11) is 1.45. The number of nitrogens with one attached hydrogen (secondary N) is 4. The Kier molecular flexibility index (Phi) is 9.68. The molecule has 0 spiro atoms. The maximum atomic E-state index is 12.3. The van der Waals surface area contributed by atoms with E-state index in [0.29, 0.717) is 12.7 Å². The van der Waals surface area contributed by atoms with Crippen LogP contribution in [0.15, 0.2) is 0 Å². The monoisotopic (exact) mass is 342 g/mol. The van der Waals surface area contributed by atoms with Crippen molar-refractivity contribution in [1.82, 2.24) is 21.3 Å². The van der Waals surface area contributed by atoms with E-state index in [1.165, 1.54) is 14.0 Å². The third-order valence-electron chi connectivity index (χ3n) is 3.43. The molecule has 0 radical (unpaired) electrons. The molecule has 4 amide bonds. The van der Waals surface area contributed by atoms with Gasteiger partial charge in [0.2, 0.25) is 11.8 Å². The van der Waals surface area contributed by atoms with Gasteiger partial charge in [-0.3, -0.25) is 9.59 Å². The van der Waals surface area contributed by atoms with Gasteiger partial charge in [-0.25, -0.2) is 4.79 Å². The molecule has 8 heteroatoms. The van der Waals surface area contributed by atoms with E-state index >= 15 is 0 Å². The van der Waals surface area contributed by atoms with E-state index < -0.39 is 36.0 Å². The maximum absolute atomic E-state index is 12.3. The zero-order valence-corrected chi connectivity index (χ0v) is 15.3. The van der Waals surface area contributed by atoms with Crippen molar-refractivity contribution in [3.8, 4) is 0 Å². The van der Waals surface area contributed by atoms with E-state index in [2.05, 4.69) is 21.3 Å². The average molecular weight is 342 g/mol. The first-order valence-electron chi connectivity index (χ1n) is 8.16. The average Bonchev–Trinajstić information content (AvgIpc) is 2.50. The number of hydrogen-bond acceptors (Lipinski definition) is 4. The van der Waals surface area contributed by atoms with E-state index in [1.54, 1.807) is 13.8 Å². The molecule has 0 bridgehead atoms. The highest BCUT2D eigenvalue weighted by Crippen LogP contribution is 2.04. The maximum Gasteiger partial charge on any atom is 0.315 e. The predicted octanol–water partition coefficient (Wildman–Crippen LogP) is 0.175. The molecular formula is C16H30N4O4. The summed E-state index contributed by atoms with van der Waals surface area (Å²) in [6, 6.07) is -2.64. The summed E-state index contributed by atoms with van der Waals surface area (Å²) >= 11 is 0. The van der Waals surface area contributed by atoms with Crippen LogP contribution in [0, 0.1) is 11.8 Å². The molecule has 138 valence electrons. The summed E-state index contributed by atoms with van der Waals surface area (Å²) in [5.41, 5.74) is 0. The fraction of sp³-hybridized carbons (Fsp3) is 0.750. The highest BCUT2D eigenvalue weighted by molar-refractivity contribution is 5.92. The van der Waals surface area contributed by atoms with Gasteiger partial charge in [-0.2, -0.15) is 0 Å². The Bertz CT molecular complexity index is 451. The molecule has 24 heavy (non-hydrogen) atoms. The second kappa shape index (κ2) is 10.6. The first-order chi connectivity index (χ1) is 11.1. The highest BCUT2D eigenvalue weighted by Gasteiger charge is 2.27. The summed E-state index contributed by atoms with van der Waals surface area (Å²) in [5, 5.41) is 10.1. The van der Waals surface area contributed by atoms with Crippen molar-refractivity contribution in [3.05, 3.63) is 0 Å². The lowest BCUT2D eigenvalue weighted by atomic mass is 10.0. The smallest absolute Gasteiger partial charge is 0.315 e. The fourth-order valence-corrected chi connectivity index (χ4v) is 2.08. The van der Waals surface area contributed by atoms with Crippen LogP contribution in [-0.4, -0.2) is 49.3 Å². The summed E-state index contributed by atoms with van der Waals surface area (Å²) in [4.78, 5) is 46.8. The van der Waals surface area contributed by atoms with E-state index in [9.17, 15) is 19.2 Å². The van der Waals surface area contributed by atoms with E-state index in [1.807, 2.05) is 13.8 Å². The van der Waals surface area contributed by atoms with Crippen molar-refractivity contribution in [3.63, 3.8) is 0 Å². The molecule has 0 unspecified atom stereocenters. The zero-order valence-electron chi connectivity index (χ0n) is 15.3. The van der Waals surface area contributed by atoms with Crippen LogP contribution in [-0.2, 0) is 14.4 Å². The molecule has 0 fully saturated rings. The highest BCUT2D eigenvalue weighted by atomic mass is 16.2. The van der Waals surface area contributed by atoms with Crippen LogP contribution in [0.5, 0.6) is 0 Å². The molecule has 0 heterocycles. The van der Waals surface area contributed by atoms with Gasteiger partial charge in [0.05, 0.1) is 6.04 Å². The van der Waals surface area contributed by atoms with Crippen molar-refractivity contribution in [2.45, 2.75) is 59.2 Å². The van der Waals surface area contributed by atoms with Crippen LogP contribution in [0.1, 0.15) is 41.0 Å². The molecule has 0 aliphatic carbocycles. The van der Waals surface area contributed by atoms with Crippen molar-refractivity contribution < 1.29 is 19.2 Å². The Morgan fingerprint density at radius 2 is 1.50 bits per heavy atom. The third kappa shape index (κ3) is 7.94. The van der Waals surface area contributed by atoms with Gasteiger partial charge >= 0.3 is 6.03 Å². The molecule has 0 aromatic heterocycles. The van der Waals surface area contributed by atoms with Crippen LogP contribution in [0.2, 0.25) is 0 Å². The normalized spacial score (nSPS) is 14.5. The third-order valence-corrected chi connectivity index (χ3v) is 3.43. The van der Waals surface area contributed by atoms with Gasteiger partial charge in [0.1, 0.15) is 18.4 Å². The molecule has 0 saturated heterocycles. The molecule has 3 atom stereocenters. The standard InChI is InChI=1S/C16H30N4O4/c1-9(2)7-12(8-21)19-14(22)11(5)18-15(23)13(10(3)4)20-16(24)17-6/h8-13H,7H2,1-6H3,(H,18,23)(H,19,22)(H2,17,20,24)/t11-,12-,13-/m0/s1. The first-order valence-corrected chi connectivity index (χ1v) is 8.16. The van der Waals surface area contributed by atoms with Gasteiger partial charge in [-0.1, -0.05) is 27.7 Å². The number of hydrogen-bond donors (Lipinski definition) is 4. The lowest BCUT2D eigenvalue weighted by Gasteiger charge is -2.24. The second-order valence-corrected chi connectivity index (χ2v) is 6.56. The molecule has 0 aromatic rings. The topological polar surface area (TPSA) is 116 Å². The molecule has 0 aliphatic heterocycles. The minimum atomic E-state index is -0.820. The van der Waals surface area contributed by atoms with Crippen molar-refractivity contribution in [1.29, 1.82) is 0 Å². The molecular weight excluding hydrogens is 312 g/mol. The largest absolute Gasteiger partial charge is 0.345 e. The van der Waals surface area contributed by atoms with Gasteiger partial charge in [-0.05, 0) is 25.2 Å². The Hall–Kier alpha value is -2.12. The molecule has 0 aromatic carbocycles. The molecule has 0 aliphatic rings. The summed E-state index contributed by atoms with van der Waals surface area (Å²) in [6.07, 6.45) is 1.22. The fourth-order valence-electron chi connectivity index (χ4n) is 2.08. The van der Waals surface area contributed by atoms with Gasteiger partial charge in [0.15, 0.2) is 0 Å². The number of aldehydes is 1. The SMILES string of the molecule is CNC(=O)N[C@H](C(=O)N[C@@H](C)C(=O)N[C@H](C=O)CC(C)C)C(C)C. The van der Waals surface area contributed by atoms with Crippen LogP contribution >= 0.6 is 0 Å². The number of urea groups is 1. The Labute approximate surface area is 143 Å². The van der Waals surface area contributed by atoms with Crippen molar-refractivity contribution in [2.75, 3.05) is 7.05 Å². The molecule has 8 nitrogen and oxygen atoms in total. The molecule has 0 saturated carbocycles. The number of rotatable bonds is 9. The van der Waals surface area contributed by atoms with Crippen molar-refractivity contribution in [2.24, 2.45) is 11.8 Å². The van der Waals surface area contributed by atoms with E-state index in [4.69, 9.17) is 0 Å². The minimum Gasteiger partial charge on any atom is -0.345 e. The van der Waals surface area contributed by atoms with Crippen LogP contribution in [0.3, 0.4) is 0 Å². The quantitative estimate of drug-likeness (QED) is 0.447. The number of carbonyl (C=O) groups is 4. The van der Waals surface area contributed by atoms with Crippen LogP contribution in [0.25, 0.3) is 0 Å². The van der Waals surface area contributed by atoms with E-state index in [0.717, 1.165) is 0 Å². The van der Waals surface area contributed by atoms with Gasteiger partial charge < -0.3 is 26.1 Å². The lowest BCUT2D eigenvalue weighted by Crippen LogP contribution is -2.56. The number of carbonyl (C=O) groups excluding carboxylic acids is 4.